The number of rotatable bonds is 5. The molecule has 1 aromatic rings. The lowest BCUT2D eigenvalue weighted by Gasteiger charge is -2.08. The molecule has 1 rings (SSSR count). The molecule has 0 unspecified atom stereocenters. The summed E-state index contributed by atoms with van der Waals surface area (Å²) in [5, 5.41) is 6.23. The van der Waals surface area contributed by atoms with Gasteiger partial charge in [0.25, 0.3) is 0 Å². The van der Waals surface area contributed by atoms with Crippen molar-refractivity contribution in [1.29, 1.82) is 0 Å². The van der Waals surface area contributed by atoms with E-state index in [0.29, 0.717) is 17.9 Å². The summed E-state index contributed by atoms with van der Waals surface area (Å²) in [5.41, 5.74) is 0. The van der Waals surface area contributed by atoms with E-state index in [1.54, 1.807) is 0 Å². The Balaban J connectivity index is 2.59. The van der Waals surface area contributed by atoms with Gasteiger partial charge in [0.15, 0.2) is 0 Å². The fourth-order valence-electron chi connectivity index (χ4n) is 0.946. The first-order chi connectivity index (χ1) is 6.72. The highest BCUT2D eigenvalue weighted by Gasteiger charge is 2.00. The van der Waals surface area contributed by atoms with Crippen LogP contribution in [0, 0.1) is 0 Å². The molecule has 14 heavy (non-hydrogen) atoms. The summed E-state index contributed by atoms with van der Waals surface area (Å²) in [6.45, 7) is 7.07. The minimum atomic E-state index is 0.330. The zero-order valence-corrected chi connectivity index (χ0v) is 8.91. The quantitative estimate of drug-likeness (QED) is 0.745. The SMILES string of the molecule is CCCNc1ncnc(NC(C)C)n1. The molecule has 0 saturated carbocycles. The van der Waals surface area contributed by atoms with Crippen LogP contribution in [0.25, 0.3) is 0 Å². The number of aromatic nitrogens is 3. The predicted molar refractivity (Wildman–Crippen MR) is 57.4 cm³/mol. The average molecular weight is 195 g/mol. The van der Waals surface area contributed by atoms with Crippen molar-refractivity contribution in [3.8, 4) is 0 Å². The Kier molecular flexibility index (Phi) is 4.10. The van der Waals surface area contributed by atoms with Crippen LogP contribution >= 0.6 is 0 Å². The van der Waals surface area contributed by atoms with Gasteiger partial charge in [-0.15, -0.1) is 0 Å². The van der Waals surface area contributed by atoms with Crippen LogP contribution in [-0.2, 0) is 0 Å². The largest absolute Gasteiger partial charge is 0.354 e. The van der Waals surface area contributed by atoms with Crippen LogP contribution < -0.4 is 10.6 Å². The highest BCUT2D eigenvalue weighted by atomic mass is 15.2. The molecule has 1 heterocycles. The lowest BCUT2D eigenvalue weighted by molar-refractivity contribution is 0.862. The Morgan fingerprint density at radius 3 is 2.64 bits per heavy atom. The van der Waals surface area contributed by atoms with Crippen molar-refractivity contribution in [2.75, 3.05) is 17.2 Å². The molecule has 0 amide bonds. The normalized spacial score (nSPS) is 10.3. The van der Waals surface area contributed by atoms with Crippen molar-refractivity contribution in [3.63, 3.8) is 0 Å². The Morgan fingerprint density at radius 2 is 2.00 bits per heavy atom. The van der Waals surface area contributed by atoms with Gasteiger partial charge in [0.2, 0.25) is 11.9 Å². The van der Waals surface area contributed by atoms with Crippen LogP contribution in [0.4, 0.5) is 11.9 Å². The van der Waals surface area contributed by atoms with Crippen molar-refractivity contribution in [3.05, 3.63) is 6.33 Å². The number of hydrogen-bond donors (Lipinski definition) is 2. The van der Waals surface area contributed by atoms with E-state index >= 15 is 0 Å². The Bertz CT molecular complexity index is 274. The molecule has 0 saturated heterocycles. The summed E-state index contributed by atoms with van der Waals surface area (Å²) in [5.74, 6) is 1.25. The smallest absolute Gasteiger partial charge is 0.227 e. The van der Waals surface area contributed by atoms with E-state index in [-0.39, 0.29) is 0 Å². The van der Waals surface area contributed by atoms with Gasteiger partial charge >= 0.3 is 0 Å². The first-order valence-electron chi connectivity index (χ1n) is 4.91. The third kappa shape index (κ3) is 3.55. The Labute approximate surface area is 84.4 Å². The van der Waals surface area contributed by atoms with E-state index in [9.17, 15) is 0 Å². The van der Waals surface area contributed by atoms with Gasteiger partial charge in [-0.25, -0.2) is 9.97 Å². The molecule has 0 aliphatic carbocycles. The minimum absolute atomic E-state index is 0.330. The topological polar surface area (TPSA) is 62.7 Å². The summed E-state index contributed by atoms with van der Waals surface area (Å²) in [7, 11) is 0. The summed E-state index contributed by atoms with van der Waals surface area (Å²) >= 11 is 0. The van der Waals surface area contributed by atoms with E-state index in [1.165, 1.54) is 6.33 Å². The molecule has 1 aromatic heterocycles. The number of anilines is 2. The van der Waals surface area contributed by atoms with Crippen molar-refractivity contribution in [2.45, 2.75) is 33.2 Å². The van der Waals surface area contributed by atoms with Crippen molar-refractivity contribution < 1.29 is 0 Å². The van der Waals surface area contributed by atoms with Crippen LogP contribution in [0.2, 0.25) is 0 Å². The fourth-order valence-corrected chi connectivity index (χ4v) is 0.946. The highest BCUT2D eigenvalue weighted by Crippen LogP contribution is 2.02. The maximum absolute atomic E-state index is 4.21. The van der Waals surface area contributed by atoms with Crippen molar-refractivity contribution >= 4 is 11.9 Å². The second-order valence-corrected chi connectivity index (χ2v) is 3.36. The maximum Gasteiger partial charge on any atom is 0.227 e. The summed E-state index contributed by atoms with van der Waals surface area (Å²) in [4.78, 5) is 12.2. The van der Waals surface area contributed by atoms with Gasteiger partial charge in [-0.2, -0.15) is 4.98 Å². The lowest BCUT2D eigenvalue weighted by Crippen LogP contribution is -2.14. The summed E-state index contributed by atoms with van der Waals surface area (Å²) in [6, 6.07) is 0.330. The van der Waals surface area contributed by atoms with Crippen molar-refractivity contribution in [1.82, 2.24) is 15.0 Å². The average Bonchev–Trinajstić information content (AvgIpc) is 2.14. The molecule has 0 spiro atoms. The van der Waals surface area contributed by atoms with E-state index in [1.807, 2.05) is 13.8 Å². The zero-order chi connectivity index (χ0) is 10.4. The second kappa shape index (κ2) is 5.36. The molecule has 0 aliphatic heterocycles. The van der Waals surface area contributed by atoms with Crippen LogP contribution in [0.5, 0.6) is 0 Å². The number of hydrogen-bond acceptors (Lipinski definition) is 5. The lowest BCUT2D eigenvalue weighted by atomic mass is 10.4. The third-order valence-electron chi connectivity index (χ3n) is 1.52. The maximum atomic E-state index is 4.21. The van der Waals surface area contributed by atoms with Crippen LogP contribution in [0.15, 0.2) is 6.33 Å². The first-order valence-corrected chi connectivity index (χ1v) is 4.91. The highest BCUT2D eigenvalue weighted by molar-refractivity contribution is 5.32. The van der Waals surface area contributed by atoms with E-state index in [4.69, 9.17) is 0 Å². The second-order valence-electron chi connectivity index (χ2n) is 3.36. The van der Waals surface area contributed by atoms with E-state index < -0.39 is 0 Å². The number of nitrogens with one attached hydrogen (secondary N) is 2. The molecule has 0 atom stereocenters. The zero-order valence-electron chi connectivity index (χ0n) is 8.91. The fraction of sp³-hybridized carbons (Fsp3) is 0.667. The molecule has 78 valence electrons. The molecular weight excluding hydrogens is 178 g/mol. The Morgan fingerprint density at radius 1 is 1.29 bits per heavy atom. The molecule has 2 N–H and O–H groups in total. The molecule has 5 heteroatoms. The number of nitrogens with zero attached hydrogens (tertiary/aromatic N) is 3. The van der Waals surface area contributed by atoms with Gasteiger partial charge < -0.3 is 10.6 Å². The molecule has 0 bridgehead atoms. The predicted octanol–water partition coefficient (Wildman–Crippen LogP) is 1.51. The molecule has 0 aliphatic rings. The molecule has 0 radical (unpaired) electrons. The molecule has 5 nitrogen and oxygen atoms in total. The summed E-state index contributed by atoms with van der Waals surface area (Å²) < 4.78 is 0. The van der Waals surface area contributed by atoms with Crippen LogP contribution in [0.3, 0.4) is 0 Å². The van der Waals surface area contributed by atoms with E-state index in [2.05, 4.69) is 32.5 Å². The standard InChI is InChI=1S/C9H17N5/c1-4-5-10-8-11-6-12-9(14-8)13-7(2)3/h6-7H,4-5H2,1-3H3,(H2,10,11,12,13,14). The van der Waals surface area contributed by atoms with E-state index in [0.717, 1.165) is 13.0 Å². The van der Waals surface area contributed by atoms with Crippen molar-refractivity contribution in [2.24, 2.45) is 0 Å². The van der Waals surface area contributed by atoms with Gasteiger partial charge in [0, 0.05) is 12.6 Å². The summed E-state index contributed by atoms with van der Waals surface area (Å²) in [6.07, 6.45) is 2.56. The van der Waals surface area contributed by atoms with Gasteiger partial charge in [-0.05, 0) is 20.3 Å². The molecule has 0 fully saturated rings. The minimum Gasteiger partial charge on any atom is -0.354 e. The Hall–Kier alpha value is -1.39. The van der Waals surface area contributed by atoms with Gasteiger partial charge in [0.1, 0.15) is 6.33 Å². The van der Waals surface area contributed by atoms with Gasteiger partial charge in [0.05, 0.1) is 0 Å². The van der Waals surface area contributed by atoms with Crippen LogP contribution in [0.1, 0.15) is 27.2 Å². The van der Waals surface area contributed by atoms with Crippen LogP contribution in [-0.4, -0.2) is 27.5 Å². The molecular formula is C9H17N5. The first kappa shape index (κ1) is 10.7. The monoisotopic (exact) mass is 195 g/mol. The van der Waals surface area contributed by atoms with Gasteiger partial charge in [-0.3, -0.25) is 0 Å². The van der Waals surface area contributed by atoms with Gasteiger partial charge in [-0.1, -0.05) is 6.92 Å². The molecule has 0 aromatic carbocycles. The third-order valence-corrected chi connectivity index (χ3v) is 1.52.